The lowest BCUT2D eigenvalue weighted by atomic mass is 10.2. The van der Waals surface area contributed by atoms with Gasteiger partial charge in [0.15, 0.2) is 0 Å². The quantitative estimate of drug-likeness (QED) is 0.699. The highest BCUT2D eigenvalue weighted by atomic mass is 35.5. The fourth-order valence-electron chi connectivity index (χ4n) is 2.33. The fourth-order valence-corrected chi connectivity index (χ4v) is 4.48. The van der Waals surface area contributed by atoms with Crippen molar-refractivity contribution in [2.24, 2.45) is 0 Å². The van der Waals surface area contributed by atoms with E-state index in [-0.39, 0.29) is 20.5 Å². The van der Waals surface area contributed by atoms with Crippen LogP contribution in [0, 0.1) is 0 Å². The number of carbonyl (C=O) groups is 1. The highest BCUT2D eigenvalue weighted by molar-refractivity contribution is 7.89. The van der Waals surface area contributed by atoms with E-state index in [4.69, 9.17) is 34.8 Å². The van der Waals surface area contributed by atoms with Crippen LogP contribution in [0.1, 0.15) is 24.2 Å². The molecule has 0 saturated heterocycles. The summed E-state index contributed by atoms with van der Waals surface area (Å²) in [6.45, 7) is 4.13. The number of hydrogen-bond donors (Lipinski definition) is 1. The van der Waals surface area contributed by atoms with Crippen LogP contribution in [0.3, 0.4) is 0 Å². The number of hydrogen-bond acceptors (Lipinski definition) is 3. The summed E-state index contributed by atoms with van der Waals surface area (Å²) < 4.78 is 26.6. The summed E-state index contributed by atoms with van der Waals surface area (Å²) in [7, 11) is -3.71. The molecule has 140 valence electrons. The Kier molecular flexibility index (Phi) is 6.93. The monoisotopic (exact) mass is 434 g/mol. The average Bonchev–Trinajstić information content (AvgIpc) is 2.58. The zero-order chi connectivity index (χ0) is 19.5. The van der Waals surface area contributed by atoms with Gasteiger partial charge in [-0.2, -0.15) is 4.31 Å². The summed E-state index contributed by atoms with van der Waals surface area (Å²) in [6.07, 6.45) is 0. The number of halogens is 3. The maximum atomic E-state index is 12.6. The van der Waals surface area contributed by atoms with Crippen LogP contribution in [0.15, 0.2) is 41.3 Å². The number of nitrogens with one attached hydrogen (secondary N) is 1. The van der Waals surface area contributed by atoms with Gasteiger partial charge in [-0.15, -0.1) is 0 Å². The summed E-state index contributed by atoms with van der Waals surface area (Å²) in [5, 5.41) is 3.43. The summed E-state index contributed by atoms with van der Waals surface area (Å²) in [4.78, 5) is 12.6. The van der Waals surface area contributed by atoms with Crippen molar-refractivity contribution >= 4 is 56.4 Å². The fraction of sp³-hybridized carbons (Fsp3) is 0.235. The van der Waals surface area contributed by atoms with E-state index in [1.165, 1.54) is 28.6 Å². The van der Waals surface area contributed by atoms with Crippen LogP contribution in [0.2, 0.25) is 15.1 Å². The predicted octanol–water partition coefficient (Wildman–Crippen LogP) is 4.93. The van der Waals surface area contributed by atoms with Crippen molar-refractivity contribution in [3.05, 3.63) is 57.0 Å². The Hall–Kier alpha value is -1.31. The van der Waals surface area contributed by atoms with Crippen LogP contribution in [0.25, 0.3) is 0 Å². The number of carbonyl (C=O) groups excluding carboxylic acids is 1. The van der Waals surface area contributed by atoms with Gasteiger partial charge in [-0.25, -0.2) is 8.42 Å². The first-order valence-electron chi connectivity index (χ1n) is 7.76. The van der Waals surface area contributed by atoms with Gasteiger partial charge in [-0.1, -0.05) is 48.7 Å². The minimum absolute atomic E-state index is 0.00190. The first-order chi connectivity index (χ1) is 12.2. The predicted molar refractivity (Wildman–Crippen MR) is 106 cm³/mol. The van der Waals surface area contributed by atoms with Crippen molar-refractivity contribution in [2.75, 3.05) is 18.4 Å². The lowest BCUT2D eigenvalue weighted by molar-refractivity contribution is 0.102. The lowest BCUT2D eigenvalue weighted by Gasteiger charge is -2.19. The van der Waals surface area contributed by atoms with Crippen LogP contribution >= 0.6 is 34.8 Å². The van der Waals surface area contributed by atoms with E-state index in [0.717, 1.165) is 0 Å². The molecule has 26 heavy (non-hydrogen) atoms. The molecule has 1 amide bonds. The molecule has 2 rings (SSSR count). The molecule has 0 saturated carbocycles. The molecule has 5 nitrogen and oxygen atoms in total. The summed E-state index contributed by atoms with van der Waals surface area (Å²) >= 11 is 18.0. The molecule has 0 atom stereocenters. The zero-order valence-electron chi connectivity index (χ0n) is 14.1. The van der Waals surface area contributed by atoms with Gasteiger partial charge in [0.1, 0.15) is 0 Å². The van der Waals surface area contributed by atoms with Gasteiger partial charge in [0.05, 0.1) is 26.2 Å². The van der Waals surface area contributed by atoms with Crippen LogP contribution in [0.5, 0.6) is 0 Å². The van der Waals surface area contributed by atoms with Gasteiger partial charge in [-0.05, 0) is 36.4 Å². The molecule has 0 aliphatic carbocycles. The molecule has 2 aromatic carbocycles. The molecule has 0 radical (unpaired) electrons. The van der Waals surface area contributed by atoms with E-state index in [0.29, 0.717) is 23.8 Å². The minimum Gasteiger partial charge on any atom is -0.321 e. The molecule has 0 aliphatic rings. The van der Waals surface area contributed by atoms with Gasteiger partial charge in [0, 0.05) is 18.1 Å². The second kappa shape index (κ2) is 8.59. The molecular formula is C17H17Cl3N2O3S. The van der Waals surface area contributed by atoms with Crippen LogP contribution in [-0.2, 0) is 10.0 Å². The van der Waals surface area contributed by atoms with Crippen molar-refractivity contribution < 1.29 is 13.2 Å². The molecule has 0 spiro atoms. The number of anilines is 1. The smallest absolute Gasteiger partial charge is 0.257 e. The Labute approximate surface area is 167 Å². The van der Waals surface area contributed by atoms with E-state index in [9.17, 15) is 13.2 Å². The van der Waals surface area contributed by atoms with Crippen molar-refractivity contribution in [2.45, 2.75) is 18.7 Å². The third kappa shape index (κ3) is 4.50. The second-order valence-electron chi connectivity index (χ2n) is 5.31. The Morgan fingerprint density at radius 1 is 1.00 bits per heavy atom. The Morgan fingerprint density at radius 2 is 1.65 bits per heavy atom. The van der Waals surface area contributed by atoms with Gasteiger partial charge in [0.25, 0.3) is 5.91 Å². The topological polar surface area (TPSA) is 66.5 Å². The molecule has 0 fully saturated rings. The first kappa shape index (κ1) is 21.0. The summed E-state index contributed by atoms with van der Waals surface area (Å²) in [5.74, 6) is -0.573. The molecule has 1 N–H and O–H groups in total. The number of amides is 1. The highest BCUT2D eigenvalue weighted by Gasteiger charge is 2.24. The van der Waals surface area contributed by atoms with E-state index >= 15 is 0 Å². The maximum Gasteiger partial charge on any atom is 0.257 e. The van der Waals surface area contributed by atoms with E-state index < -0.39 is 15.9 Å². The number of sulfonamides is 1. The molecule has 0 heterocycles. The molecule has 2 aromatic rings. The molecule has 0 bridgehead atoms. The van der Waals surface area contributed by atoms with Gasteiger partial charge < -0.3 is 5.32 Å². The Morgan fingerprint density at radius 3 is 2.23 bits per heavy atom. The molecule has 0 unspecified atom stereocenters. The average molecular weight is 436 g/mol. The van der Waals surface area contributed by atoms with Crippen molar-refractivity contribution in [3.63, 3.8) is 0 Å². The number of rotatable bonds is 6. The number of nitrogens with zero attached hydrogens (tertiary/aromatic N) is 1. The van der Waals surface area contributed by atoms with Gasteiger partial charge in [-0.3, -0.25) is 4.79 Å². The summed E-state index contributed by atoms with van der Waals surface area (Å²) in [6, 6.07) is 8.63. The van der Waals surface area contributed by atoms with E-state index in [1.54, 1.807) is 26.0 Å². The zero-order valence-corrected chi connectivity index (χ0v) is 17.2. The van der Waals surface area contributed by atoms with E-state index in [2.05, 4.69) is 5.32 Å². The Bertz CT molecular complexity index is 929. The van der Waals surface area contributed by atoms with Crippen LogP contribution in [-0.4, -0.2) is 31.7 Å². The molecule has 0 aliphatic heterocycles. The minimum atomic E-state index is -3.71. The molecule has 9 heteroatoms. The van der Waals surface area contributed by atoms with Crippen LogP contribution in [0.4, 0.5) is 5.69 Å². The van der Waals surface area contributed by atoms with Crippen LogP contribution < -0.4 is 5.32 Å². The Balaban J connectivity index is 2.39. The molecule has 0 aromatic heterocycles. The second-order valence-corrected chi connectivity index (χ2v) is 8.50. The normalized spacial score (nSPS) is 11.6. The van der Waals surface area contributed by atoms with Crippen molar-refractivity contribution in [1.29, 1.82) is 0 Å². The van der Waals surface area contributed by atoms with E-state index in [1.807, 2.05) is 0 Å². The standard InChI is InChI=1S/C17H17Cl3N2O3S/c1-3-22(4-2)26(24,25)12-6-7-14(19)13(10-12)17(23)21-16-8-5-11(18)9-15(16)20/h5-10H,3-4H2,1-2H3,(H,21,23). The first-order valence-corrected chi connectivity index (χ1v) is 10.3. The lowest BCUT2D eigenvalue weighted by Crippen LogP contribution is -2.30. The largest absolute Gasteiger partial charge is 0.321 e. The SMILES string of the molecule is CCN(CC)S(=O)(=O)c1ccc(Cl)c(C(=O)Nc2ccc(Cl)cc2Cl)c1. The molecular weight excluding hydrogens is 419 g/mol. The van der Waals surface area contributed by atoms with Gasteiger partial charge in [0.2, 0.25) is 10.0 Å². The number of benzene rings is 2. The maximum absolute atomic E-state index is 12.6. The summed E-state index contributed by atoms with van der Waals surface area (Å²) in [5.41, 5.74) is 0.375. The van der Waals surface area contributed by atoms with Crippen molar-refractivity contribution in [1.82, 2.24) is 4.31 Å². The van der Waals surface area contributed by atoms with Crippen molar-refractivity contribution in [3.8, 4) is 0 Å². The highest BCUT2D eigenvalue weighted by Crippen LogP contribution is 2.28. The third-order valence-corrected chi connectivity index (χ3v) is 6.63. The third-order valence-electron chi connectivity index (χ3n) is 3.70. The van der Waals surface area contributed by atoms with Gasteiger partial charge >= 0.3 is 0 Å².